The van der Waals surface area contributed by atoms with Gasteiger partial charge < -0.3 is 20.3 Å². The number of nitrogens with two attached hydrogens (primary N) is 1. The molecule has 3 rings (SSSR count). The maximum atomic E-state index is 12.7. The van der Waals surface area contributed by atoms with E-state index in [4.69, 9.17) is 10.5 Å². The minimum Gasteiger partial charge on any atom is -0.495 e. The Labute approximate surface area is 154 Å². The topological polar surface area (TPSA) is 75.9 Å². The first-order valence-corrected chi connectivity index (χ1v) is 8.47. The summed E-state index contributed by atoms with van der Waals surface area (Å²) >= 11 is 0. The predicted molar refractivity (Wildman–Crippen MR) is 99.2 cm³/mol. The van der Waals surface area contributed by atoms with Crippen LogP contribution in [-0.4, -0.2) is 50.0 Å². The zero-order chi connectivity index (χ0) is 17.3. The molecule has 1 aromatic carbocycles. The fraction of sp³-hybridized carbons (Fsp3) is 0.556. The van der Waals surface area contributed by atoms with E-state index in [0.29, 0.717) is 31.3 Å². The first kappa shape index (κ1) is 19.5. The number of carbonyl (C=O) groups excluding carboxylic acids is 2. The molecule has 2 aliphatic heterocycles. The van der Waals surface area contributed by atoms with E-state index in [2.05, 4.69) is 0 Å². The maximum Gasteiger partial charge on any atom is 0.228 e. The highest BCUT2D eigenvalue weighted by atomic mass is 35.5. The zero-order valence-electron chi connectivity index (χ0n) is 14.7. The molecule has 2 atom stereocenters. The third-order valence-corrected chi connectivity index (χ3v) is 5.03. The van der Waals surface area contributed by atoms with Gasteiger partial charge in [-0.3, -0.25) is 9.59 Å². The molecule has 2 fully saturated rings. The summed E-state index contributed by atoms with van der Waals surface area (Å²) in [5, 5.41) is 0. The highest BCUT2D eigenvalue weighted by Gasteiger charge is 2.39. The van der Waals surface area contributed by atoms with E-state index in [1.807, 2.05) is 30.0 Å². The van der Waals surface area contributed by atoms with E-state index in [1.165, 1.54) is 0 Å². The Balaban J connectivity index is 0.00000225. The monoisotopic (exact) mass is 367 g/mol. The third-order valence-electron chi connectivity index (χ3n) is 5.03. The summed E-state index contributed by atoms with van der Waals surface area (Å²) in [6.45, 7) is 4.47. The van der Waals surface area contributed by atoms with Crippen LogP contribution in [0.5, 0.6) is 5.75 Å². The van der Waals surface area contributed by atoms with Crippen LogP contribution < -0.4 is 15.4 Å². The molecule has 0 saturated carbocycles. The number of hydrogen-bond acceptors (Lipinski definition) is 4. The van der Waals surface area contributed by atoms with Gasteiger partial charge in [-0.1, -0.05) is 6.07 Å². The van der Waals surface area contributed by atoms with Gasteiger partial charge in [-0.05, 0) is 43.5 Å². The Morgan fingerprint density at radius 3 is 2.76 bits per heavy atom. The van der Waals surface area contributed by atoms with E-state index in [1.54, 1.807) is 12.0 Å². The second kappa shape index (κ2) is 8.06. The minimum atomic E-state index is -0.278. The van der Waals surface area contributed by atoms with E-state index in [9.17, 15) is 9.59 Å². The quantitative estimate of drug-likeness (QED) is 0.876. The van der Waals surface area contributed by atoms with Gasteiger partial charge in [0.25, 0.3) is 0 Å². The standard InChI is InChI=1S/C18H25N3O3.ClH/c1-12-3-4-16(24-2)15(7-12)21-11-14(8-17(21)22)18(23)20-6-5-13(9-19)10-20;/h3-4,7,13-14H,5-6,8-11,19H2,1-2H3;1H. The molecule has 1 aromatic rings. The van der Waals surface area contributed by atoms with Crippen molar-refractivity contribution in [3.05, 3.63) is 23.8 Å². The van der Waals surface area contributed by atoms with Crippen LogP contribution in [0.15, 0.2) is 18.2 Å². The molecule has 0 aromatic heterocycles. The summed E-state index contributed by atoms with van der Waals surface area (Å²) < 4.78 is 5.38. The van der Waals surface area contributed by atoms with Crippen molar-refractivity contribution in [2.75, 3.05) is 38.2 Å². The molecule has 138 valence electrons. The zero-order valence-corrected chi connectivity index (χ0v) is 15.6. The fourth-order valence-electron chi connectivity index (χ4n) is 3.60. The van der Waals surface area contributed by atoms with Crippen LogP contribution in [0.1, 0.15) is 18.4 Å². The van der Waals surface area contributed by atoms with E-state index >= 15 is 0 Å². The average Bonchev–Trinajstić information content (AvgIpc) is 3.20. The highest BCUT2D eigenvalue weighted by molar-refractivity contribution is 6.01. The van der Waals surface area contributed by atoms with E-state index in [0.717, 1.165) is 24.2 Å². The van der Waals surface area contributed by atoms with Crippen LogP contribution in [0.25, 0.3) is 0 Å². The minimum absolute atomic E-state index is 0. The Hall–Kier alpha value is -1.79. The fourth-order valence-corrected chi connectivity index (χ4v) is 3.60. The molecular formula is C18H26ClN3O3. The first-order chi connectivity index (χ1) is 11.5. The summed E-state index contributed by atoms with van der Waals surface area (Å²) in [7, 11) is 1.59. The predicted octanol–water partition coefficient (Wildman–Crippen LogP) is 1.59. The lowest BCUT2D eigenvalue weighted by atomic mass is 10.1. The van der Waals surface area contributed by atoms with Crippen LogP contribution in [0.2, 0.25) is 0 Å². The molecule has 0 radical (unpaired) electrons. The molecule has 0 bridgehead atoms. The van der Waals surface area contributed by atoms with Gasteiger partial charge in [-0.15, -0.1) is 12.4 Å². The van der Waals surface area contributed by atoms with Gasteiger partial charge in [0.05, 0.1) is 18.7 Å². The Bertz CT molecular complexity index is 652. The van der Waals surface area contributed by atoms with Crippen LogP contribution in [0.4, 0.5) is 5.69 Å². The van der Waals surface area contributed by atoms with Crippen molar-refractivity contribution in [2.24, 2.45) is 17.6 Å². The Morgan fingerprint density at radius 2 is 2.12 bits per heavy atom. The average molecular weight is 368 g/mol. The lowest BCUT2D eigenvalue weighted by molar-refractivity contribution is -0.134. The highest BCUT2D eigenvalue weighted by Crippen LogP contribution is 2.34. The summed E-state index contributed by atoms with van der Waals surface area (Å²) in [6, 6.07) is 5.74. The lowest BCUT2D eigenvalue weighted by Crippen LogP contribution is -2.36. The van der Waals surface area contributed by atoms with Gasteiger partial charge in [-0.2, -0.15) is 0 Å². The number of ether oxygens (including phenoxy) is 1. The van der Waals surface area contributed by atoms with Crippen molar-refractivity contribution in [3.8, 4) is 5.75 Å². The van der Waals surface area contributed by atoms with Gasteiger partial charge in [-0.25, -0.2) is 0 Å². The second-order valence-corrected chi connectivity index (χ2v) is 6.76. The third kappa shape index (κ3) is 3.90. The number of amides is 2. The SMILES string of the molecule is COc1ccc(C)cc1N1CC(C(=O)N2CCC(CN)C2)CC1=O.Cl. The number of methoxy groups -OCH3 is 1. The van der Waals surface area contributed by atoms with Crippen LogP contribution in [0, 0.1) is 18.8 Å². The number of likely N-dealkylation sites (tertiary alicyclic amines) is 1. The van der Waals surface area contributed by atoms with Crippen molar-refractivity contribution in [1.29, 1.82) is 0 Å². The number of carbonyl (C=O) groups is 2. The van der Waals surface area contributed by atoms with Crippen molar-refractivity contribution < 1.29 is 14.3 Å². The summed E-state index contributed by atoms with van der Waals surface area (Å²) in [5.41, 5.74) is 7.51. The number of benzene rings is 1. The van der Waals surface area contributed by atoms with Gasteiger partial charge in [0.15, 0.2) is 0 Å². The number of anilines is 1. The molecule has 2 amide bonds. The van der Waals surface area contributed by atoms with Crippen molar-refractivity contribution in [1.82, 2.24) is 4.90 Å². The van der Waals surface area contributed by atoms with Gasteiger partial charge in [0.1, 0.15) is 5.75 Å². The molecular weight excluding hydrogens is 342 g/mol. The normalized spacial score (nSPS) is 22.9. The maximum absolute atomic E-state index is 12.7. The molecule has 2 saturated heterocycles. The Morgan fingerprint density at radius 1 is 1.36 bits per heavy atom. The second-order valence-electron chi connectivity index (χ2n) is 6.76. The van der Waals surface area contributed by atoms with E-state index < -0.39 is 0 Å². The number of halogens is 1. The summed E-state index contributed by atoms with van der Waals surface area (Å²) in [4.78, 5) is 28.8. The molecule has 2 unspecified atom stereocenters. The Kier molecular flexibility index (Phi) is 6.30. The van der Waals surface area contributed by atoms with Gasteiger partial charge in [0, 0.05) is 26.1 Å². The van der Waals surface area contributed by atoms with Crippen molar-refractivity contribution in [3.63, 3.8) is 0 Å². The number of rotatable bonds is 4. The van der Waals surface area contributed by atoms with Crippen molar-refractivity contribution in [2.45, 2.75) is 19.8 Å². The largest absolute Gasteiger partial charge is 0.495 e. The van der Waals surface area contributed by atoms with Crippen LogP contribution in [0.3, 0.4) is 0 Å². The number of aryl methyl sites for hydroxylation is 1. The van der Waals surface area contributed by atoms with Crippen LogP contribution in [-0.2, 0) is 9.59 Å². The number of nitrogens with zero attached hydrogens (tertiary/aromatic N) is 2. The van der Waals surface area contributed by atoms with Gasteiger partial charge in [0.2, 0.25) is 11.8 Å². The molecule has 2 aliphatic rings. The van der Waals surface area contributed by atoms with Crippen LogP contribution >= 0.6 is 12.4 Å². The van der Waals surface area contributed by atoms with E-state index in [-0.39, 0.29) is 36.6 Å². The molecule has 7 heteroatoms. The molecule has 25 heavy (non-hydrogen) atoms. The number of hydrogen-bond donors (Lipinski definition) is 1. The van der Waals surface area contributed by atoms with Gasteiger partial charge >= 0.3 is 0 Å². The smallest absolute Gasteiger partial charge is 0.228 e. The summed E-state index contributed by atoms with van der Waals surface area (Å²) in [5.74, 6) is 0.824. The molecule has 0 spiro atoms. The lowest BCUT2D eigenvalue weighted by Gasteiger charge is -2.22. The molecule has 6 nitrogen and oxygen atoms in total. The van der Waals surface area contributed by atoms with Crippen molar-refractivity contribution >= 4 is 29.9 Å². The summed E-state index contributed by atoms with van der Waals surface area (Å²) in [6.07, 6.45) is 1.22. The first-order valence-electron chi connectivity index (χ1n) is 8.47. The molecule has 0 aliphatic carbocycles. The molecule has 2 N–H and O–H groups in total. The molecule has 2 heterocycles.